The molecular formula is C13H11BrF2OS. The largest absolute Gasteiger partial charge is 0.496 e. The van der Waals surface area contributed by atoms with Crippen molar-refractivity contribution < 1.29 is 13.5 Å². The fourth-order valence-electron chi connectivity index (χ4n) is 1.60. The lowest BCUT2D eigenvalue weighted by molar-refractivity contribution is 0.416. The third-order valence-corrected chi connectivity index (χ3v) is 4.90. The number of hydrogen-bond donors (Lipinski definition) is 0. The van der Waals surface area contributed by atoms with E-state index < -0.39 is 11.6 Å². The average molecular weight is 333 g/mol. The van der Waals surface area contributed by atoms with Gasteiger partial charge < -0.3 is 4.74 Å². The molecule has 0 N–H and O–H groups in total. The number of halogens is 3. The van der Waals surface area contributed by atoms with E-state index in [9.17, 15) is 8.78 Å². The fourth-order valence-corrected chi connectivity index (χ4v) is 3.26. The van der Waals surface area contributed by atoms with Crippen LogP contribution in [0.4, 0.5) is 8.78 Å². The highest BCUT2D eigenvalue weighted by Crippen LogP contribution is 2.38. The Kier molecular flexibility index (Phi) is 4.02. The van der Waals surface area contributed by atoms with Crippen molar-refractivity contribution in [2.45, 2.75) is 11.8 Å². The number of thiophene rings is 1. The van der Waals surface area contributed by atoms with Crippen molar-refractivity contribution in [3.8, 4) is 5.75 Å². The van der Waals surface area contributed by atoms with Gasteiger partial charge in [-0.1, -0.05) is 15.9 Å². The normalized spacial score (nSPS) is 12.5. The van der Waals surface area contributed by atoms with E-state index in [4.69, 9.17) is 4.74 Å². The number of benzene rings is 1. The van der Waals surface area contributed by atoms with Crippen molar-refractivity contribution in [3.05, 3.63) is 51.2 Å². The van der Waals surface area contributed by atoms with E-state index in [1.54, 1.807) is 14.0 Å². The lowest BCUT2D eigenvalue weighted by atomic mass is 10.1. The van der Waals surface area contributed by atoms with Crippen LogP contribution in [0.2, 0.25) is 0 Å². The van der Waals surface area contributed by atoms with Gasteiger partial charge in [-0.25, -0.2) is 8.78 Å². The Hall–Kier alpha value is -0.940. The molecule has 1 aromatic heterocycles. The number of alkyl halides is 1. The average Bonchev–Trinajstić information content (AvgIpc) is 2.81. The summed E-state index contributed by atoms with van der Waals surface area (Å²) in [5.74, 6) is -0.342. The molecule has 0 spiro atoms. The smallest absolute Gasteiger partial charge is 0.130 e. The Labute approximate surface area is 117 Å². The monoisotopic (exact) mass is 332 g/mol. The lowest BCUT2D eigenvalue weighted by Gasteiger charge is -2.10. The quantitative estimate of drug-likeness (QED) is 0.731. The van der Waals surface area contributed by atoms with Crippen LogP contribution in [-0.4, -0.2) is 7.11 Å². The molecule has 1 nitrogen and oxygen atoms in total. The van der Waals surface area contributed by atoms with Crippen LogP contribution >= 0.6 is 27.3 Å². The van der Waals surface area contributed by atoms with Crippen molar-refractivity contribution in [1.29, 1.82) is 0 Å². The van der Waals surface area contributed by atoms with Crippen LogP contribution in [-0.2, 0) is 0 Å². The second-order valence-corrected chi connectivity index (χ2v) is 5.73. The maximum Gasteiger partial charge on any atom is 0.130 e. The molecule has 0 aliphatic heterocycles. The summed E-state index contributed by atoms with van der Waals surface area (Å²) in [5.41, 5.74) is 0.859. The van der Waals surface area contributed by atoms with Crippen molar-refractivity contribution in [2.24, 2.45) is 0 Å². The lowest BCUT2D eigenvalue weighted by Crippen LogP contribution is -1.97. The third kappa shape index (κ3) is 2.57. The Balaban J connectivity index is 2.39. The minimum atomic E-state index is -0.549. The maximum absolute atomic E-state index is 13.8. The van der Waals surface area contributed by atoms with Crippen LogP contribution in [0.25, 0.3) is 0 Å². The molecule has 1 aromatic carbocycles. The highest BCUT2D eigenvalue weighted by Gasteiger charge is 2.18. The van der Waals surface area contributed by atoms with Gasteiger partial charge in [0.25, 0.3) is 0 Å². The van der Waals surface area contributed by atoms with Gasteiger partial charge in [-0.3, -0.25) is 0 Å². The van der Waals surface area contributed by atoms with E-state index >= 15 is 0 Å². The minimum absolute atomic E-state index is 0.300. The summed E-state index contributed by atoms with van der Waals surface area (Å²) in [7, 11) is 1.58. The van der Waals surface area contributed by atoms with Crippen molar-refractivity contribution in [2.75, 3.05) is 7.11 Å². The van der Waals surface area contributed by atoms with Gasteiger partial charge in [0, 0.05) is 21.9 Å². The van der Waals surface area contributed by atoms with Gasteiger partial charge in [-0.05, 0) is 24.6 Å². The second-order valence-electron chi connectivity index (χ2n) is 3.87. The summed E-state index contributed by atoms with van der Waals surface area (Å²) in [6.07, 6.45) is 0. The van der Waals surface area contributed by atoms with Gasteiger partial charge >= 0.3 is 0 Å². The Morgan fingerprint density at radius 1 is 1.22 bits per heavy atom. The molecule has 18 heavy (non-hydrogen) atoms. The zero-order valence-electron chi connectivity index (χ0n) is 9.84. The van der Waals surface area contributed by atoms with Crippen molar-refractivity contribution in [1.82, 2.24) is 0 Å². The number of hydrogen-bond acceptors (Lipinski definition) is 2. The minimum Gasteiger partial charge on any atom is -0.496 e. The molecule has 2 rings (SSSR count). The first-order valence-corrected chi connectivity index (χ1v) is 7.04. The molecule has 1 unspecified atom stereocenters. The van der Waals surface area contributed by atoms with E-state index in [1.807, 2.05) is 11.4 Å². The first kappa shape index (κ1) is 13.5. The van der Waals surface area contributed by atoms with E-state index in [0.717, 1.165) is 16.7 Å². The van der Waals surface area contributed by atoms with Gasteiger partial charge in [0.15, 0.2) is 0 Å². The number of methoxy groups -OCH3 is 1. The van der Waals surface area contributed by atoms with Crippen LogP contribution in [0, 0.1) is 18.6 Å². The molecule has 2 aromatic rings. The summed E-state index contributed by atoms with van der Waals surface area (Å²) in [6.45, 7) is 1.62. The molecule has 0 aliphatic rings. The van der Waals surface area contributed by atoms with E-state index in [2.05, 4.69) is 15.9 Å². The zero-order valence-corrected chi connectivity index (χ0v) is 12.2. The SMILES string of the molecule is COc1csc(C(Br)c2cc(C)c(F)cc2F)c1. The Morgan fingerprint density at radius 2 is 1.94 bits per heavy atom. The van der Waals surface area contributed by atoms with E-state index in [1.165, 1.54) is 17.4 Å². The number of aryl methyl sites for hydroxylation is 1. The van der Waals surface area contributed by atoms with Crippen LogP contribution in [0.1, 0.15) is 20.8 Å². The molecule has 96 valence electrons. The van der Waals surface area contributed by atoms with Crippen LogP contribution in [0.3, 0.4) is 0 Å². The molecule has 0 amide bonds. The van der Waals surface area contributed by atoms with Crippen LogP contribution in [0.5, 0.6) is 5.75 Å². The van der Waals surface area contributed by atoms with Crippen LogP contribution in [0.15, 0.2) is 23.6 Å². The Bertz CT molecular complexity index is 568. The Morgan fingerprint density at radius 3 is 2.56 bits per heavy atom. The van der Waals surface area contributed by atoms with Crippen molar-refractivity contribution >= 4 is 27.3 Å². The molecule has 1 heterocycles. The highest BCUT2D eigenvalue weighted by atomic mass is 79.9. The van der Waals surface area contributed by atoms with Crippen LogP contribution < -0.4 is 4.74 Å². The molecule has 0 bridgehead atoms. The first-order valence-electron chi connectivity index (χ1n) is 5.25. The highest BCUT2D eigenvalue weighted by molar-refractivity contribution is 9.09. The molecule has 5 heteroatoms. The standard InChI is InChI=1S/C13H11BrF2OS/c1-7-3-9(11(16)5-10(7)15)13(14)12-4-8(17-2)6-18-12/h3-6,13H,1-2H3. The molecule has 0 fully saturated rings. The molecular weight excluding hydrogens is 322 g/mol. The molecule has 1 atom stereocenters. The summed E-state index contributed by atoms with van der Waals surface area (Å²) in [5, 5.41) is 1.85. The number of ether oxygens (including phenoxy) is 1. The summed E-state index contributed by atoms with van der Waals surface area (Å²) in [6, 6.07) is 4.28. The first-order chi connectivity index (χ1) is 8.52. The second kappa shape index (κ2) is 5.36. The molecule has 0 saturated carbocycles. The van der Waals surface area contributed by atoms with Gasteiger partial charge in [-0.2, -0.15) is 0 Å². The van der Waals surface area contributed by atoms with Crippen molar-refractivity contribution in [3.63, 3.8) is 0 Å². The van der Waals surface area contributed by atoms with Gasteiger partial charge in [0.2, 0.25) is 0 Å². The topological polar surface area (TPSA) is 9.23 Å². The van der Waals surface area contributed by atoms with E-state index in [0.29, 0.717) is 11.1 Å². The summed E-state index contributed by atoms with van der Waals surface area (Å²) in [4.78, 5) is 0.613. The van der Waals surface area contributed by atoms with Gasteiger partial charge in [0.05, 0.1) is 11.9 Å². The fraction of sp³-hybridized carbons (Fsp3) is 0.231. The predicted octanol–water partition coefficient (Wildman–Crippen LogP) is 4.83. The zero-order chi connectivity index (χ0) is 13.3. The summed E-state index contributed by atoms with van der Waals surface area (Å²) < 4.78 is 32.1. The predicted molar refractivity (Wildman–Crippen MR) is 72.7 cm³/mol. The molecule has 0 saturated heterocycles. The molecule has 0 aliphatic carbocycles. The van der Waals surface area contributed by atoms with Gasteiger partial charge in [-0.15, -0.1) is 11.3 Å². The third-order valence-electron chi connectivity index (χ3n) is 2.63. The maximum atomic E-state index is 13.8. The molecule has 0 radical (unpaired) electrons. The number of rotatable bonds is 3. The van der Waals surface area contributed by atoms with Gasteiger partial charge in [0.1, 0.15) is 17.4 Å². The van der Waals surface area contributed by atoms with E-state index in [-0.39, 0.29) is 4.83 Å². The summed E-state index contributed by atoms with van der Waals surface area (Å²) >= 11 is 4.90.